The predicted octanol–water partition coefficient (Wildman–Crippen LogP) is 2.78. The van der Waals surface area contributed by atoms with Crippen LogP contribution in [0.15, 0.2) is 18.2 Å². The molecule has 0 aliphatic rings. The van der Waals surface area contributed by atoms with E-state index in [4.69, 9.17) is 10.5 Å². The molecular weight excluding hydrogens is 212 g/mol. The maximum absolute atomic E-state index is 13.3. The highest BCUT2D eigenvalue weighted by molar-refractivity contribution is 5.21. The molecule has 0 aliphatic heterocycles. The van der Waals surface area contributed by atoms with Gasteiger partial charge in [-0.1, -0.05) is 6.07 Å². The van der Waals surface area contributed by atoms with Gasteiger partial charge in [-0.2, -0.15) is 0 Å². The number of hydrogen-bond donors (Lipinski definition) is 1. The standard InChI is InChI=1S/C12H17F2NO/c1-2-16-7-3-4-12(15)10-6-5-9(13)8-11(10)14/h5-6,8,12H,2-4,7,15H2,1H3. The lowest BCUT2D eigenvalue weighted by molar-refractivity contribution is 0.142. The second-order valence-electron chi connectivity index (χ2n) is 3.61. The Morgan fingerprint density at radius 3 is 2.75 bits per heavy atom. The molecule has 0 fully saturated rings. The van der Waals surface area contributed by atoms with Gasteiger partial charge in [0.2, 0.25) is 0 Å². The minimum Gasteiger partial charge on any atom is -0.382 e. The zero-order valence-electron chi connectivity index (χ0n) is 9.38. The molecule has 2 N–H and O–H groups in total. The van der Waals surface area contributed by atoms with E-state index < -0.39 is 17.7 Å². The molecule has 2 nitrogen and oxygen atoms in total. The van der Waals surface area contributed by atoms with Gasteiger partial charge in [-0.25, -0.2) is 8.78 Å². The van der Waals surface area contributed by atoms with Gasteiger partial charge in [0, 0.05) is 30.9 Å². The summed E-state index contributed by atoms with van der Waals surface area (Å²) in [4.78, 5) is 0. The summed E-state index contributed by atoms with van der Waals surface area (Å²) in [6.45, 7) is 3.20. The topological polar surface area (TPSA) is 35.2 Å². The summed E-state index contributed by atoms with van der Waals surface area (Å²) in [6, 6.07) is 3.08. The van der Waals surface area contributed by atoms with Crippen LogP contribution in [0.25, 0.3) is 0 Å². The van der Waals surface area contributed by atoms with E-state index in [1.54, 1.807) is 0 Å². The van der Waals surface area contributed by atoms with Crippen LogP contribution in [0.5, 0.6) is 0 Å². The molecule has 90 valence electrons. The van der Waals surface area contributed by atoms with E-state index in [0.717, 1.165) is 12.5 Å². The Kier molecular flexibility index (Phi) is 5.35. The van der Waals surface area contributed by atoms with Crippen molar-refractivity contribution < 1.29 is 13.5 Å². The zero-order valence-corrected chi connectivity index (χ0v) is 9.38. The van der Waals surface area contributed by atoms with Gasteiger partial charge >= 0.3 is 0 Å². The van der Waals surface area contributed by atoms with Crippen LogP contribution in [-0.2, 0) is 4.74 Å². The van der Waals surface area contributed by atoms with E-state index >= 15 is 0 Å². The molecule has 1 aromatic carbocycles. The highest BCUT2D eigenvalue weighted by Gasteiger charge is 2.11. The maximum atomic E-state index is 13.3. The molecular formula is C12H17F2NO. The number of rotatable bonds is 6. The number of benzene rings is 1. The molecule has 0 aliphatic carbocycles. The number of nitrogens with two attached hydrogens (primary N) is 1. The van der Waals surface area contributed by atoms with Crippen LogP contribution in [0.3, 0.4) is 0 Å². The lowest BCUT2D eigenvalue weighted by atomic mass is 10.0. The second-order valence-corrected chi connectivity index (χ2v) is 3.61. The Morgan fingerprint density at radius 1 is 1.38 bits per heavy atom. The van der Waals surface area contributed by atoms with Crippen LogP contribution in [0.2, 0.25) is 0 Å². The number of halogens is 2. The quantitative estimate of drug-likeness (QED) is 0.761. The minimum absolute atomic E-state index is 0.359. The molecule has 4 heteroatoms. The average molecular weight is 229 g/mol. The van der Waals surface area contributed by atoms with Crippen molar-refractivity contribution in [2.45, 2.75) is 25.8 Å². The maximum Gasteiger partial charge on any atom is 0.130 e. The van der Waals surface area contributed by atoms with Crippen molar-refractivity contribution in [3.8, 4) is 0 Å². The first kappa shape index (κ1) is 13.1. The first-order valence-electron chi connectivity index (χ1n) is 5.43. The average Bonchev–Trinajstić information content (AvgIpc) is 2.24. The van der Waals surface area contributed by atoms with Gasteiger partial charge < -0.3 is 10.5 Å². The molecule has 0 bridgehead atoms. The normalized spacial score (nSPS) is 12.8. The molecule has 0 spiro atoms. The lowest BCUT2D eigenvalue weighted by Gasteiger charge is -2.12. The minimum atomic E-state index is -0.581. The van der Waals surface area contributed by atoms with Gasteiger partial charge in [0.05, 0.1) is 0 Å². The van der Waals surface area contributed by atoms with Crippen LogP contribution in [0.4, 0.5) is 8.78 Å². The Morgan fingerprint density at radius 2 is 2.12 bits per heavy atom. The van der Waals surface area contributed by atoms with E-state index in [-0.39, 0.29) is 0 Å². The third-order valence-corrected chi connectivity index (χ3v) is 2.37. The van der Waals surface area contributed by atoms with Gasteiger partial charge in [-0.3, -0.25) is 0 Å². The van der Waals surface area contributed by atoms with Crippen molar-refractivity contribution in [1.82, 2.24) is 0 Å². The summed E-state index contributed by atoms with van der Waals surface area (Å²) in [7, 11) is 0. The summed E-state index contributed by atoms with van der Waals surface area (Å²) < 4.78 is 31.1. The Balaban J connectivity index is 2.49. The van der Waals surface area contributed by atoms with Crippen molar-refractivity contribution in [3.05, 3.63) is 35.4 Å². The third-order valence-electron chi connectivity index (χ3n) is 2.37. The van der Waals surface area contributed by atoms with Crippen LogP contribution in [0, 0.1) is 11.6 Å². The SMILES string of the molecule is CCOCCCC(N)c1ccc(F)cc1F. The first-order valence-corrected chi connectivity index (χ1v) is 5.43. The number of ether oxygens (including phenoxy) is 1. The van der Waals surface area contributed by atoms with Crippen LogP contribution in [0.1, 0.15) is 31.4 Å². The summed E-state index contributed by atoms with van der Waals surface area (Å²) in [6.07, 6.45) is 1.40. The predicted molar refractivity (Wildman–Crippen MR) is 59.0 cm³/mol. The molecule has 1 aromatic rings. The molecule has 0 amide bonds. The molecule has 0 radical (unpaired) electrons. The van der Waals surface area contributed by atoms with Gasteiger partial charge in [0.15, 0.2) is 0 Å². The fourth-order valence-electron chi connectivity index (χ4n) is 1.51. The van der Waals surface area contributed by atoms with Crippen molar-refractivity contribution in [3.63, 3.8) is 0 Å². The van der Waals surface area contributed by atoms with E-state index in [1.165, 1.54) is 12.1 Å². The van der Waals surface area contributed by atoms with Gasteiger partial charge in [-0.15, -0.1) is 0 Å². The van der Waals surface area contributed by atoms with Crippen molar-refractivity contribution in [2.24, 2.45) is 5.73 Å². The summed E-state index contributed by atoms with van der Waals surface area (Å²) in [5.41, 5.74) is 6.17. The van der Waals surface area contributed by atoms with E-state index in [9.17, 15) is 8.78 Å². The molecule has 0 aromatic heterocycles. The summed E-state index contributed by atoms with van der Waals surface area (Å²) in [5.74, 6) is -1.16. The van der Waals surface area contributed by atoms with Gasteiger partial charge in [0.1, 0.15) is 11.6 Å². The lowest BCUT2D eigenvalue weighted by Crippen LogP contribution is -2.13. The number of hydrogen-bond acceptors (Lipinski definition) is 2. The van der Waals surface area contributed by atoms with Crippen LogP contribution < -0.4 is 5.73 Å². The Labute approximate surface area is 94.4 Å². The Bertz CT molecular complexity index is 331. The highest BCUT2D eigenvalue weighted by atomic mass is 19.1. The first-order chi connectivity index (χ1) is 7.65. The van der Waals surface area contributed by atoms with Crippen LogP contribution in [-0.4, -0.2) is 13.2 Å². The van der Waals surface area contributed by atoms with E-state index in [0.29, 0.717) is 25.2 Å². The fraction of sp³-hybridized carbons (Fsp3) is 0.500. The van der Waals surface area contributed by atoms with Crippen molar-refractivity contribution >= 4 is 0 Å². The van der Waals surface area contributed by atoms with Crippen LogP contribution >= 0.6 is 0 Å². The van der Waals surface area contributed by atoms with Crippen molar-refractivity contribution in [2.75, 3.05) is 13.2 Å². The summed E-state index contributed by atoms with van der Waals surface area (Å²) in [5, 5.41) is 0. The summed E-state index contributed by atoms with van der Waals surface area (Å²) >= 11 is 0. The van der Waals surface area contributed by atoms with E-state index in [2.05, 4.69) is 0 Å². The molecule has 1 unspecified atom stereocenters. The highest BCUT2D eigenvalue weighted by Crippen LogP contribution is 2.19. The molecule has 1 rings (SSSR count). The monoisotopic (exact) mass is 229 g/mol. The van der Waals surface area contributed by atoms with E-state index in [1.807, 2.05) is 6.92 Å². The third kappa shape index (κ3) is 3.87. The van der Waals surface area contributed by atoms with Crippen molar-refractivity contribution in [1.29, 1.82) is 0 Å². The fourth-order valence-corrected chi connectivity index (χ4v) is 1.51. The van der Waals surface area contributed by atoms with Gasteiger partial charge in [-0.05, 0) is 25.8 Å². The molecule has 0 saturated heterocycles. The molecule has 0 heterocycles. The Hall–Kier alpha value is -1.00. The molecule has 16 heavy (non-hydrogen) atoms. The second kappa shape index (κ2) is 6.55. The smallest absolute Gasteiger partial charge is 0.130 e. The largest absolute Gasteiger partial charge is 0.382 e. The molecule has 1 atom stereocenters. The molecule has 0 saturated carbocycles. The zero-order chi connectivity index (χ0) is 12.0. The van der Waals surface area contributed by atoms with Gasteiger partial charge in [0.25, 0.3) is 0 Å².